The summed E-state index contributed by atoms with van der Waals surface area (Å²) in [4.78, 5) is 14.1. The van der Waals surface area contributed by atoms with Crippen LogP contribution in [0.2, 0.25) is 0 Å². The van der Waals surface area contributed by atoms with E-state index in [2.05, 4.69) is 0 Å². The number of sulfonamides is 1. The summed E-state index contributed by atoms with van der Waals surface area (Å²) in [6.45, 7) is 1.80. The maximum atomic E-state index is 13.1. The molecule has 0 aromatic heterocycles. The molecule has 6 nitrogen and oxygen atoms in total. The van der Waals surface area contributed by atoms with Gasteiger partial charge in [0.25, 0.3) is 0 Å². The molecule has 1 aliphatic carbocycles. The molecule has 0 bridgehead atoms. The summed E-state index contributed by atoms with van der Waals surface area (Å²) in [5, 5.41) is 1.49. The Morgan fingerprint density at radius 1 is 0.933 bits per heavy atom. The van der Waals surface area contributed by atoms with Gasteiger partial charge in [0.05, 0.1) is 11.9 Å². The highest BCUT2D eigenvalue weighted by atomic mass is 32.2. The smallest absolute Gasteiger partial charge is 0.248 e. The van der Waals surface area contributed by atoms with E-state index in [0.717, 1.165) is 16.0 Å². The minimum Gasteiger partial charge on any atom is -0.367 e. The lowest BCUT2D eigenvalue weighted by Crippen LogP contribution is -2.53. The molecule has 0 spiro atoms. The Balaban J connectivity index is 1.30. The Bertz CT molecular complexity index is 1110. The summed E-state index contributed by atoms with van der Waals surface area (Å²) in [5.41, 5.74) is 1.02. The third-order valence-electron chi connectivity index (χ3n) is 5.60. The van der Waals surface area contributed by atoms with Gasteiger partial charge in [0.15, 0.2) is 0 Å². The van der Waals surface area contributed by atoms with E-state index < -0.39 is 15.3 Å². The van der Waals surface area contributed by atoms with E-state index >= 15 is 0 Å². The Morgan fingerprint density at radius 2 is 1.60 bits per heavy atom. The molecule has 2 aromatic rings. The average molecular weight is 427 g/mol. The van der Waals surface area contributed by atoms with Crippen molar-refractivity contribution in [2.45, 2.75) is 18.3 Å². The van der Waals surface area contributed by atoms with E-state index in [1.54, 1.807) is 4.90 Å². The number of carbonyl (C=O) groups excluding carboxylic acids is 1. The first-order valence-electron chi connectivity index (χ1n) is 10.2. The fourth-order valence-corrected chi connectivity index (χ4v) is 5.59. The van der Waals surface area contributed by atoms with Crippen molar-refractivity contribution in [3.63, 3.8) is 0 Å². The molecule has 0 saturated carbocycles. The van der Waals surface area contributed by atoms with Crippen molar-refractivity contribution in [1.82, 2.24) is 9.21 Å². The second kappa shape index (κ2) is 9.12. The number of ether oxygens (including phenoxy) is 1. The molecule has 158 valence electrons. The van der Waals surface area contributed by atoms with Gasteiger partial charge in [-0.2, -0.15) is 4.31 Å². The van der Waals surface area contributed by atoms with E-state index in [4.69, 9.17) is 4.74 Å². The largest absolute Gasteiger partial charge is 0.367 e. The van der Waals surface area contributed by atoms with E-state index in [-0.39, 0.29) is 12.5 Å². The Hall–Kier alpha value is -2.48. The molecule has 1 atom stereocenters. The van der Waals surface area contributed by atoms with Crippen LogP contribution < -0.4 is 10.4 Å². The van der Waals surface area contributed by atoms with Crippen LogP contribution in [-0.2, 0) is 26.2 Å². The molecule has 4 rings (SSSR count). The van der Waals surface area contributed by atoms with Gasteiger partial charge in [-0.05, 0) is 22.4 Å². The van der Waals surface area contributed by atoms with E-state index in [9.17, 15) is 13.2 Å². The highest BCUT2D eigenvalue weighted by Gasteiger charge is 2.34. The molecular weight excluding hydrogens is 400 g/mol. The SMILES string of the molecule is O=C(COCc1ccccc1)N1CCN(S(=O)(=O)C2C=c3ccccc3=CC2)CC1. The standard InChI is InChI=1S/C23H26N2O4S/c26-23(18-29-17-19-6-2-1-3-7-19)24-12-14-25(15-13-24)30(27,28)22-11-10-20-8-4-5-9-21(20)16-22/h1-10,16,22H,11-15,17-18H2. The molecule has 2 aliphatic rings. The van der Waals surface area contributed by atoms with Crippen molar-refractivity contribution >= 4 is 28.1 Å². The van der Waals surface area contributed by atoms with Crippen LogP contribution in [0.3, 0.4) is 0 Å². The molecule has 1 heterocycles. The molecule has 1 amide bonds. The summed E-state index contributed by atoms with van der Waals surface area (Å²) in [5.74, 6) is -0.102. The molecule has 7 heteroatoms. The molecule has 1 unspecified atom stereocenters. The third kappa shape index (κ3) is 4.64. The van der Waals surface area contributed by atoms with Gasteiger partial charge in [-0.3, -0.25) is 4.79 Å². The van der Waals surface area contributed by atoms with Gasteiger partial charge in [-0.15, -0.1) is 0 Å². The molecular formula is C23H26N2O4S. The predicted molar refractivity (Wildman–Crippen MR) is 116 cm³/mol. The van der Waals surface area contributed by atoms with Crippen LogP contribution in [0.1, 0.15) is 12.0 Å². The first-order valence-corrected chi connectivity index (χ1v) is 11.7. The zero-order valence-corrected chi connectivity index (χ0v) is 17.6. The first kappa shape index (κ1) is 20.8. The minimum absolute atomic E-state index is 0.00376. The van der Waals surface area contributed by atoms with Gasteiger partial charge in [0.1, 0.15) is 6.61 Å². The maximum absolute atomic E-state index is 13.1. The number of carbonyl (C=O) groups is 1. The monoisotopic (exact) mass is 426 g/mol. The van der Waals surface area contributed by atoms with Gasteiger partial charge >= 0.3 is 0 Å². The topological polar surface area (TPSA) is 66.9 Å². The number of hydrogen-bond donors (Lipinski definition) is 0. The molecule has 30 heavy (non-hydrogen) atoms. The molecule has 0 radical (unpaired) electrons. The number of benzene rings is 2. The highest BCUT2D eigenvalue weighted by molar-refractivity contribution is 7.90. The Morgan fingerprint density at radius 3 is 2.33 bits per heavy atom. The molecule has 1 fully saturated rings. The minimum atomic E-state index is -3.45. The van der Waals surface area contributed by atoms with Crippen LogP contribution in [0, 0.1) is 0 Å². The van der Waals surface area contributed by atoms with Crippen LogP contribution in [0.5, 0.6) is 0 Å². The molecule has 1 aliphatic heterocycles. The fraction of sp³-hybridized carbons (Fsp3) is 0.348. The van der Waals surface area contributed by atoms with Crippen LogP contribution in [-0.4, -0.2) is 61.6 Å². The lowest BCUT2D eigenvalue weighted by atomic mass is 10.1. The second-order valence-electron chi connectivity index (χ2n) is 7.58. The van der Waals surface area contributed by atoms with Crippen LogP contribution >= 0.6 is 0 Å². The van der Waals surface area contributed by atoms with Gasteiger partial charge in [-0.25, -0.2) is 8.42 Å². The zero-order valence-electron chi connectivity index (χ0n) is 16.8. The van der Waals surface area contributed by atoms with Gasteiger partial charge in [0.2, 0.25) is 15.9 Å². The quantitative estimate of drug-likeness (QED) is 0.683. The number of piperazine rings is 1. The lowest BCUT2D eigenvalue weighted by Gasteiger charge is -2.35. The first-order chi connectivity index (χ1) is 14.5. The van der Waals surface area contributed by atoms with E-state index in [0.29, 0.717) is 39.2 Å². The molecule has 0 N–H and O–H groups in total. The predicted octanol–water partition coefficient (Wildman–Crippen LogP) is 0.711. The van der Waals surface area contributed by atoms with Gasteiger partial charge in [-0.1, -0.05) is 66.7 Å². The Labute approximate surface area is 177 Å². The van der Waals surface area contributed by atoms with Gasteiger partial charge in [0, 0.05) is 26.2 Å². The van der Waals surface area contributed by atoms with Crippen molar-refractivity contribution in [2.24, 2.45) is 0 Å². The second-order valence-corrected chi connectivity index (χ2v) is 9.73. The van der Waals surface area contributed by atoms with Crippen molar-refractivity contribution in [3.05, 3.63) is 70.6 Å². The fourth-order valence-electron chi connectivity index (χ4n) is 3.87. The highest BCUT2D eigenvalue weighted by Crippen LogP contribution is 2.18. The van der Waals surface area contributed by atoms with Crippen LogP contribution in [0.4, 0.5) is 0 Å². The zero-order chi connectivity index (χ0) is 21.0. The number of fused-ring (bicyclic) bond motifs is 1. The maximum Gasteiger partial charge on any atom is 0.248 e. The molecule has 1 saturated heterocycles. The van der Waals surface area contributed by atoms with Crippen molar-refractivity contribution < 1.29 is 17.9 Å². The summed E-state index contributed by atoms with van der Waals surface area (Å²) in [6, 6.07) is 17.5. The van der Waals surface area contributed by atoms with Gasteiger partial charge < -0.3 is 9.64 Å². The van der Waals surface area contributed by atoms with Crippen molar-refractivity contribution in [2.75, 3.05) is 32.8 Å². The van der Waals surface area contributed by atoms with E-state index in [1.807, 2.05) is 66.7 Å². The number of amides is 1. The average Bonchev–Trinajstić information content (AvgIpc) is 2.79. The van der Waals surface area contributed by atoms with E-state index in [1.165, 1.54) is 4.31 Å². The number of hydrogen-bond acceptors (Lipinski definition) is 4. The third-order valence-corrected chi connectivity index (χ3v) is 7.78. The number of rotatable bonds is 6. The normalized spacial score (nSPS) is 19.5. The van der Waals surface area contributed by atoms with Crippen LogP contribution in [0.25, 0.3) is 12.2 Å². The van der Waals surface area contributed by atoms with Crippen molar-refractivity contribution in [3.8, 4) is 0 Å². The van der Waals surface area contributed by atoms with Crippen LogP contribution in [0.15, 0.2) is 54.6 Å². The summed E-state index contributed by atoms with van der Waals surface area (Å²) < 4.78 is 33.2. The Kier molecular flexibility index (Phi) is 6.32. The lowest BCUT2D eigenvalue weighted by molar-refractivity contribution is -0.137. The van der Waals surface area contributed by atoms with Crippen molar-refractivity contribution in [1.29, 1.82) is 0 Å². The molecule has 2 aromatic carbocycles. The summed E-state index contributed by atoms with van der Waals surface area (Å²) in [6.07, 6.45) is 4.31. The summed E-state index contributed by atoms with van der Waals surface area (Å²) in [7, 11) is -3.45. The summed E-state index contributed by atoms with van der Waals surface area (Å²) >= 11 is 0. The number of nitrogens with zero attached hydrogens (tertiary/aromatic N) is 2.